The van der Waals surface area contributed by atoms with E-state index in [1.807, 2.05) is 13.1 Å². The van der Waals surface area contributed by atoms with Gasteiger partial charge in [-0.05, 0) is 49.7 Å². The molecule has 1 saturated carbocycles. The van der Waals surface area contributed by atoms with E-state index in [1.54, 1.807) is 0 Å². The molecule has 3 heteroatoms. The molecule has 19 heavy (non-hydrogen) atoms. The second kappa shape index (κ2) is 5.12. The van der Waals surface area contributed by atoms with Gasteiger partial charge in [0, 0.05) is 25.3 Å². The maximum Gasteiger partial charge on any atom is 0.128 e. The summed E-state index contributed by atoms with van der Waals surface area (Å²) in [4.78, 5) is 7.02. The zero-order valence-electron chi connectivity index (χ0n) is 11.9. The highest BCUT2D eigenvalue weighted by Crippen LogP contribution is 2.46. The average Bonchev–Trinajstić information content (AvgIpc) is 2.88. The van der Waals surface area contributed by atoms with E-state index in [0.29, 0.717) is 5.41 Å². The molecule has 1 spiro atoms. The first-order valence-electron chi connectivity index (χ1n) is 7.65. The van der Waals surface area contributed by atoms with Crippen molar-refractivity contribution in [3.63, 3.8) is 0 Å². The minimum atomic E-state index is 0.0738. The van der Waals surface area contributed by atoms with Crippen LogP contribution in [0.15, 0.2) is 18.3 Å². The fourth-order valence-corrected chi connectivity index (χ4v) is 3.69. The Morgan fingerprint density at radius 3 is 2.37 bits per heavy atom. The van der Waals surface area contributed by atoms with Crippen LogP contribution in [0.2, 0.25) is 0 Å². The van der Waals surface area contributed by atoms with Gasteiger partial charge in [0.05, 0.1) is 0 Å². The molecule has 0 unspecified atom stereocenters. The van der Waals surface area contributed by atoms with Gasteiger partial charge in [0.2, 0.25) is 0 Å². The van der Waals surface area contributed by atoms with Crippen molar-refractivity contribution in [1.29, 1.82) is 0 Å². The van der Waals surface area contributed by atoms with E-state index in [9.17, 15) is 0 Å². The third kappa shape index (κ3) is 2.62. The molecule has 1 aromatic rings. The van der Waals surface area contributed by atoms with Gasteiger partial charge in [0.25, 0.3) is 0 Å². The van der Waals surface area contributed by atoms with Crippen LogP contribution < -0.4 is 10.6 Å². The normalized spacial score (nSPS) is 23.8. The molecular formula is C16H25N3. The van der Waals surface area contributed by atoms with E-state index < -0.39 is 0 Å². The fourth-order valence-electron chi connectivity index (χ4n) is 3.69. The van der Waals surface area contributed by atoms with Crippen molar-refractivity contribution < 1.29 is 0 Å². The predicted molar refractivity (Wildman–Crippen MR) is 79.2 cm³/mol. The number of piperidine rings is 1. The molecular weight excluding hydrogens is 234 g/mol. The summed E-state index contributed by atoms with van der Waals surface area (Å²) in [5, 5.41) is 0. The Morgan fingerprint density at radius 1 is 1.16 bits per heavy atom. The van der Waals surface area contributed by atoms with Crippen molar-refractivity contribution in [3.8, 4) is 0 Å². The molecule has 2 aliphatic rings. The van der Waals surface area contributed by atoms with E-state index in [4.69, 9.17) is 5.73 Å². The highest BCUT2D eigenvalue weighted by molar-refractivity contribution is 5.40. The maximum atomic E-state index is 5.87. The minimum absolute atomic E-state index is 0.0738. The van der Waals surface area contributed by atoms with Gasteiger partial charge in [-0.3, -0.25) is 0 Å². The van der Waals surface area contributed by atoms with Crippen LogP contribution in [0.3, 0.4) is 0 Å². The van der Waals surface area contributed by atoms with Gasteiger partial charge in [0.15, 0.2) is 0 Å². The largest absolute Gasteiger partial charge is 0.357 e. The van der Waals surface area contributed by atoms with E-state index in [1.165, 1.54) is 51.6 Å². The molecule has 1 aliphatic heterocycles. The van der Waals surface area contributed by atoms with Gasteiger partial charge >= 0.3 is 0 Å². The number of hydrogen-bond acceptors (Lipinski definition) is 3. The quantitative estimate of drug-likeness (QED) is 0.886. The Morgan fingerprint density at radius 2 is 1.84 bits per heavy atom. The van der Waals surface area contributed by atoms with Gasteiger partial charge in [-0.2, -0.15) is 0 Å². The minimum Gasteiger partial charge on any atom is -0.357 e. The fraction of sp³-hybridized carbons (Fsp3) is 0.688. The molecule has 1 aliphatic carbocycles. The second-order valence-electron chi connectivity index (χ2n) is 6.43. The van der Waals surface area contributed by atoms with Gasteiger partial charge in [-0.15, -0.1) is 0 Å². The number of anilines is 1. The number of nitrogens with two attached hydrogens (primary N) is 1. The van der Waals surface area contributed by atoms with E-state index in [0.717, 1.165) is 11.4 Å². The van der Waals surface area contributed by atoms with Crippen LogP contribution in [-0.4, -0.2) is 18.1 Å². The smallest absolute Gasteiger partial charge is 0.128 e. The van der Waals surface area contributed by atoms with Gasteiger partial charge in [-0.25, -0.2) is 4.98 Å². The average molecular weight is 259 g/mol. The highest BCUT2D eigenvalue weighted by atomic mass is 15.2. The molecule has 104 valence electrons. The van der Waals surface area contributed by atoms with Crippen LogP contribution in [0.1, 0.15) is 57.1 Å². The summed E-state index contributed by atoms with van der Waals surface area (Å²) in [5.74, 6) is 1.12. The predicted octanol–water partition coefficient (Wildman–Crippen LogP) is 3.26. The van der Waals surface area contributed by atoms with Gasteiger partial charge in [-0.1, -0.05) is 18.9 Å². The molecule has 2 N–H and O–H groups in total. The molecule has 3 rings (SSSR count). The van der Waals surface area contributed by atoms with Crippen LogP contribution in [0, 0.1) is 5.41 Å². The zero-order valence-corrected chi connectivity index (χ0v) is 11.9. The topological polar surface area (TPSA) is 42.1 Å². The summed E-state index contributed by atoms with van der Waals surface area (Å²) in [6.07, 6.45) is 10.4. The van der Waals surface area contributed by atoms with E-state index >= 15 is 0 Å². The molecule has 0 amide bonds. The van der Waals surface area contributed by atoms with Crippen molar-refractivity contribution in [2.75, 3.05) is 18.0 Å². The molecule has 1 atom stereocenters. The van der Waals surface area contributed by atoms with Crippen LogP contribution in [-0.2, 0) is 0 Å². The van der Waals surface area contributed by atoms with Crippen molar-refractivity contribution >= 4 is 5.82 Å². The molecule has 3 nitrogen and oxygen atoms in total. The summed E-state index contributed by atoms with van der Waals surface area (Å²) in [5.41, 5.74) is 7.67. The zero-order chi connectivity index (χ0) is 13.3. The number of aromatic nitrogens is 1. The summed E-state index contributed by atoms with van der Waals surface area (Å²) < 4.78 is 0. The SMILES string of the molecule is C[C@H](N)c1ccc(N2CCC3(CCCC3)CC2)nc1. The van der Waals surface area contributed by atoms with Crippen LogP contribution in [0.4, 0.5) is 5.82 Å². The number of hydrogen-bond donors (Lipinski definition) is 1. The molecule has 1 saturated heterocycles. The first kappa shape index (κ1) is 12.9. The Kier molecular flexibility index (Phi) is 3.48. The number of rotatable bonds is 2. The molecule has 0 bridgehead atoms. The van der Waals surface area contributed by atoms with Crippen LogP contribution in [0.25, 0.3) is 0 Å². The second-order valence-corrected chi connectivity index (χ2v) is 6.43. The first-order valence-corrected chi connectivity index (χ1v) is 7.65. The van der Waals surface area contributed by atoms with Crippen molar-refractivity contribution in [1.82, 2.24) is 4.98 Å². The first-order chi connectivity index (χ1) is 9.19. The standard InChI is InChI=1S/C16H25N3/c1-13(17)14-4-5-15(18-12-14)19-10-8-16(9-11-19)6-2-3-7-16/h4-5,12-13H,2-3,6-11,17H2,1H3/t13-/m0/s1. The van der Waals surface area contributed by atoms with E-state index in [-0.39, 0.29) is 6.04 Å². The summed E-state index contributed by atoms with van der Waals surface area (Å²) in [6.45, 7) is 4.34. The van der Waals surface area contributed by atoms with E-state index in [2.05, 4.69) is 22.0 Å². The Labute approximate surface area is 116 Å². The molecule has 0 aromatic carbocycles. The summed E-state index contributed by atoms with van der Waals surface area (Å²) in [6, 6.07) is 4.32. The third-order valence-electron chi connectivity index (χ3n) is 5.11. The third-order valence-corrected chi connectivity index (χ3v) is 5.11. The van der Waals surface area contributed by atoms with Crippen molar-refractivity contribution in [3.05, 3.63) is 23.9 Å². The molecule has 2 heterocycles. The highest BCUT2D eigenvalue weighted by Gasteiger charge is 2.37. The lowest BCUT2D eigenvalue weighted by atomic mass is 9.77. The Bertz CT molecular complexity index is 408. The summed E-state index contributed by atoms with van der Waals surface area (Å²) >= 11 is 0. The lowest BCUT2D eigenvalue weighted by Gasteiger charge is -2.40. The number of pyridine rings is 1. The van der Waals surface area contributed by atoms with Gasteiger partial charge < -0.3 is 10.6 Å². The molecule has 2 fully saturated rings. The Balaban J connectivity index is 1.64. The number of nitrogens with zero attached hydrogens (tertiary/aromatic N) is 2. The van der Waals surface area contributed by atoms with Crippen molar-refractivity contribution in [2.24, 2.45) is 11.1 Å². The lowest BCUT2D eigenvalue weighted by Crippen LogP contribution is -2.39. The van der Waals surface area contributed by atoms with Crippen molar-refractivity contribution in [2.45, 2.75) is 51.5 Å². The summed E-state index contributed by atoms with van der Waals surface area (Å²) in [7, 11) is 0. The lowest BCUT2D eigenvalue weighted by molar-refractivity contribution is 0.226. The monoisotopic (exact) mass is 259 g/mol. The molecule has 1 aromatic heterocycles. The molecule has 0 radical (unpaired) electrons. The Hall–Kier alpha value is -1.09. The van der Waals surface area contributed by atoms with Gasteiger partial charge in [0.1, 0.15) is 5.82 Å². The maximum absolute atomic E-state index is 5.87. The van der Waals surface area contributed by atoms with Crippen LogP contribution in [0.5, 0.6) is 0 Å². The van der Waals surface area contributed by atoms with Crippen LogP contribution >= 0.6 is 0 Å².